The number of aryl methyl sites for hydroxylation is 1. The van der Waals surface area contributed by atoms with Gasteiger partial charge in [-0.2, -0.15) is 0 Å². The number of halogens is 2. The van der Waals surface area contributed by atoms with Crippen LogP contribution in [0.4, 0.5) is 14.6 Å². The number of rotatable bonds is 4. The Labute approximate surface area is 97.3 Å². The summed E-state index contributed by atoms with van der Waals surface area (Å²) in [5.74, 6) is -0.341. The fraction of sp³-hybridized carbons (Fsp3) is 0.273. The molecule has 1 aromatic carbocycles. The third-order valence-corrected chi connectivity index (χ3v) is 2.36. The van der Waals surface area contributed by atoms with Crippen molar-refractivity contribution in [2.75, 3.05) is 11.9 Å². The largest absolute Gasteiger partial charge is 0.369 e. The van der Waals surface area contributed by atoms with Crippen molar-refractivity contribution in [1.82, 2.24) is 15.0 Å². The summed E-state index contributed by atoms with van der Waals surface area (Å²) in [6, 6.07) is 3.51. The van der Waals surface area contributed by atoms with Gasteiger partial charge in [0.05, 0.1) is 6.20 Å². The minimum atomic E-state index is -0.554. The summed E-state index contributed by atoms with van der Waals surface area (Å²) >= 11 is 0. The molecule has 4 nitrogen and oxygen atoms in total. The number of nitrogens with one attached hydrogen (secondary N) is 1. The first-order valence-electron chi connectivity index (χ1n) is 5.18. The van der Waals surface area contributed by atoms with Crippen molar-refractivity contribution in [2.24, 2.45) is 7.05 Å². The summed E-state index contributed by atoms with van der Waals surface area (Å²) in [6.07, 6.45) is 2.12. The number of anilines is 1. The topological polar surface area (TPSA) is 42.7 Å². The Morgan fingerprint density at radius 2 is 1.94 bits per heavy atom. The zero-order valence-electron chi connectivity index (χ0n) is 9.32. The smallest absolute Gasteiger partial charge is 0.144 e. The van der Waals surface area contributed by atoms with Gasteiger partial charge in [0.15, 0.2) is 0 Å². The van der Waals surface area contributed by atoms with E-state index < -0.39 is 11.6 Å². The van der Waals surface area contributed by atoms with Crippen LogP contribution in [-0.2, 0) is 13.5 Å². The molecule has 2 aromatic rings. The Kier molecular flexibility index (Phi) is 3.32. The second-order valence-electron chi connectivity index (χ2n) is 3.70. The fourth-order valence-corrected chi connectivity index (χ4v) is 1.54. The molecule has 1 N–H and O–H groups in total. The van der Waals surface area contributed by atoms with Crippen LogP contribution in [-0.4, -0.2) is 21.5 Å². The van der Waals surface area contributed by atoms with E-state index in [9.17, 15) is 8.78 Å². The van der Waals surface area contributed by atoms with Crippen molar-refractivity contribution in [3.05, 3.63) is 41.6 Å². The van der Waals surface area contributed by atoms with E-state index in [1.54, 1.807) is 17.9 Å². The highest BCUT2D eigenvalue weighted by Gasteiger charge is 2.02. The van der Waals surface area contributed by atoms with Crippen LogP contribution in [0.15, 0.2) is 24.4 Å². The molecule has 0 aliphatic rings. The lowest BCUT2D eigenvalue weighted by Crippen LogP contribution is -2.08. The Balaban J connectivity index is 1.92. The molecular weight excluding hydrogens is 226 g/mol. The standard InChI is InChI=1S/C11H12F2N4/c1-17-11(7-15-16-17)14-3-2-8-4-9(12)6-10(13)5-8/h4-7,14H,2-3H2,1H3. The van der Waals surface area contributed by atoms with E-state index in [1.807, 2.05) is 0 Å². The SMILES string of the molecule is Cn1nncc1NCCc1cc(F)cc(F)c1. The first kappa shape index (κ1) is 11.5. The average Bonchev–Trinajstić information content (AvgIpc) is 2.63. The predicted molar refractivity (Wildman–Crippen MR) is 59.6 cm³/mol. The Hall–Kier alpha value is -1.98. The van der Waals surface area contributed by atoms with E-state index in [-0.39, 0.29) is 0 Å². The molecular formula is C11H12F2N4. The molecule has 0 saturated heterocycles. The molecule has 1 heterocycles. The summed E-state index contributed by atoms with van der Waals surface area (Å²) in [6.45, 7) is 0.560. The molecule has 1 aromatic heterocycles. The Morgan fingerprint density at radius 1 is 1.24 bits per heavy atom. The first-order chi connectivity index (χ1) is 8.15. The van der Waals surface area contributed by atoms with Gasteiger partial charge in [-0.15, -0.1) is 5.10 Å². The van der Waals surface area contributed by atoms with Gasteiger partial charge in [0, 0.05) is 19.7 Å². The van der Waals surface area contributed by atoms with E-state index >= 15 is 0 Å². The molecule has 6 heteroatoms. The molecule has 17 heavy (non-hydrogen) atoms. The average molecular weight is 238 g/mol. The van der Waals surface area contributed by atoms with Crippen molar-refractivity contribution in [3.8, 4) is 0 Å². The molecule has 0 fully saturated rings. The van der Waals surface area contributed by atoms with Crippen LogP contribution < -0.4 is 5.32 Å². The van der Waals surface area contributed by atoms with Crippen LogP contribution in [0.25, 0.3) is 0 Å². The summed E-state index contributed by atoms with van der Waals surface area (Å²) in [4.78, 5) is 0. The van der Waals surface area contributed by atoms with Crippen LogP contribution >= 0.6 is 0 Å². The normalized spacial score (nSPS) is 10.5. The number of aromatic nitrogens is 3. The second-order valence-corrected chi connectivity index (χ2v) is 3.70. The van der Waals surface area contributed by atoms with Gasteiger partial charge >= 0.3 is 0 Å². The van der Waals surface area contributed by atoms with Crippen LogP contribution in [0.1, 0.15) is 5.56 Å². The first-order valence-corrected chi connectivity index (χ1v) is 5.18. The fourth-order valence-electron chi connectivity index (χ4n) is 1.54. The second kappa shape index (κ2) is 4.90. The number of hydrogen-bond acceptors (Lipinski definition) is 3. The molecule has 0 unspecified atom stereocenters. The van der Waals surface area contributed by atoms with Gasteiger partial charge in [0.25, 0.3) is 0 Å². The molecule has 90 valence electrons. The molecule has 0 atom stereocenters. The number of nitrogens with zero attached hydrogens (tertiary/aromatic N) is 3. The lowest BCUT2D eigenvalue weighted by atomic mass is 10.1. The zero-order chi connectivity index (χ0) is 12.3. The molecule has 2 rings (SSSR count). The molecule has 0 bridgehead atoms. The van der Waals surface area contributed by atoms with Crippen molar-refractivity contribution in [1.29, 1.82) is 0 Å². The summed E-state index contributed by atoms with van der Waals surface area (Å²) in [5.41, 5.74) is 0.616. The molecule has 0 aliphatic carbocycles. The van der Waals surface area contributed by atoms with Gasteiger partial charge in [-0.05, 0) is 24.1 Å². The van der Waals surface area contributed by atoms with Gasteiger partial charge < -0.3 is 5.32 Å². The summed E-state index contributed by atoms with van der Waals surface area (Å²) < 4.78 is 27.4. The molecule has 0 radical (unpaired) electrons. The van der Waals surface area contributed by atoms with Gasteiger partial charge in [-0.1, -0.05) is 5.21 Å². The van der Waals surface area contributed by atoms with E-state index in [0.29, 0.717) is 18.5 Å². The van der Waals surface area contributed by atoms with Crippen molar-refractivity contribution in [2.45, 2.75) is 6.42 Å². The van der Waals surface area contributed by atoms with Crippen molar-refractivity contribution < 1.29 is 8.78 Å². The Bertz CT molecular complexity index is 490. The van der Waals surface area contributed by atoms with Crippen LogP contribution in [0.5, 0.6) is 0 Å². The molecule has 0 spiro atoms. The van der Waals surface area contributed by atoms with Gasteiger partial charge in [-0.3, -0.25) is 0 Å². The minimum absolute atomic E-state index is 0.528. The van der Waals surface area contributed by atoms with Gasteiger partial charge in [0.2, 0.25) is 0 Å². The maximum Gasteiger partial charge on any atom is 0.144 e. The monoisotopic (exact) mass is 238 g/mol. The predicted octanol–water partition coefficient (Wildman–Crippen LogP) is 1.75. The highest BCUT2D eigenvalue weighted by atomic mass is 19.1. The van der Waals surface area contributed by atoms with E-state index in [4.69, 9.17) is 0 Å². The van der Waals surface area contributed by atoms with Gasteiger partial charge in [0.1, 0.15) is 17.5 Å². The van der Waals surface area contributed by atoms with Gasteiger partial charge in [-0.25, -0.2) is 13.5 Å². The van der Waals surface area contributed by atoms with E-state index in [0.717, 1.165) is 11.9 Å². The number of benzene rings is 1. The molecule has 0 aliphatic heterocycles. The van der Waals surface area contributed by atoms with Crippen molar-refractivity contribution in [3.63, 3.8) is 0 Å². The summed E-state index contributed by atoms with van der Waals surface area (Å²) in [5, 5.41) is 10.5. The maximum absolute atomic E-state index is 12.9. The molecule has 0 saturated carbocycles. The maximum atomic E-state index is 12.9. The lowest BCUT2D eigenvalue weighted by Gasteiger charge is -2.05. The Morgan fingerprint density at radius 3 is 2.53 bits per heavy atom. The summed E-state index contributed by atoms with van der Waals surface area (Å²) in [7, 11) is 1.76. The highest BCUT2D eigenvalue weighted by Crippen LogP contribution is 2.09. The molecule has 0 amide bonds. The zero-order valence-corrected chi connectivity index (χ0v) is 9.32. The van der Waals surface area contributed by atoms with Crippen LogP contribution in [0.3, 0.4) is 0 Å². The quantitative estimate of drug-likeness (QED) is 0.882. The number of hydrogen-bond donors (Lipinski definition) is 1. The van der Waals surface area contributed by atoms with Crippen LogP contribution in [0, 0.1) is 11.6 Å². The van der Waals surface area contributed by atoms with E-state index in [1.165, 1.54) is 12.1 Å². The van der Waals surface area contributed by atoms with Crippen LogP contribution in [0.2, 0.25) is 0 Å². The highest BCUT2D eigenvalue weighted by molar-refractivity contribution is 5.31. The minimum Gasteiger partial charge on any atom is -0.369 e. The van der Waals surface area contributed by atoms with Crippen molar-refractivity contribution >= 4 is 5.82 Å². The van der Waals surface area contributed by atoms with E-state index in [2.05, 4.69) is 15.6 Å². The lowest BCUT2D eigenvalue weighted by molar-refractivity contribution is 0.580. The third kappa shape index (κ3) is 2.99. The third-order valence-electron chi connectivity index (χ3n) is 2.36.